The predicted molar refractivity (Wildman–Crippen MR) is 51.5 cm³/mol. The van der Waals surface area contributed by atoms with Gasteiger partial charge in [0.1, 0.15) is 0 Å². The van der Waals surface area contributed by atoms with Gasteiger partial charge in [-0.2, -0.15) is 11.8 Å². The summed E-state index contributed by atoms with van der Waals surface area (Å²) in [6.07, 6.45) is 4.32. The molecule has 12 heavy (non-hydrogen) atoms. The van der Waals surface area contributed by atoms with Crippen LogP contribution in [0, 0.1) is 0 Å². The number of carbonyl (C=O) groups is 1. The highest BCUT2D eigenvalue weighted by Crippen LogP contribution is 2.29. The lowest BCUT2D eigenvalue weighted by Gasteiger charge is -2.20. The molecule has 2 nitrogen and oxygen atoms in total. The average Bonchev–Trinajstić information content (AvgIpc) is 2.06. The van der Waals surface area contributed by atoms with Gasteiger partial charge >= 0.3 is 5.97 Å². The molecule has 0 amide bonds. The molecular weight excluding hydrogens is 172 g/mol. The van der Waals surface area contributed by atoms with Crippen LogP contribution in [0.2, 0.25) is 0 Å². The Morgan fingerprint density at radius 2 is 2.33 bits per heavy atom. The van der Waals surface area contributed by atoms with E-state index in [0.717, 1.165) is 6.42 Å². The summed E-state index contributed by atoms with van der Waals surface area (Å²) in [6, 6.07) is 0. The fraction of sp³-hybridized carbons (Fsp3) is 0.667. The van der Waals surface area contributed by atoms with Gasteiger partial charge in [0, 0.05) is 10.8 Å². The zero-order valence-corrected chi connectivity index (χ0v) is 7.90. The monoisotopic (exact) mass is 186 g/mol. The first-order valence-electron chi connectivity index (χ1n) is 4.23. The van der Waals surface area contributed by atoms with E-state index < -0.39 is 5.97 Å². The molecule has 0 spiro atoms. The average molecular weight is 186 g/mol. The second-order valence-corrected chi connectivity index (χ2v) is 4.51. The summed E-state index contributed by atoms with van der Waals surface area (Å²) in [5, 5.41) is 9.11. The minimum absolute atomic E-state index is 0.356. The topological polar surface area (TPSA) is 37.3 Å². The van der Waals surface area contributed by atoms with E-state index in [1.807, 2.05) is 11.8 Å². The maximum absolute atomic E-state index is 10.5. The second-order valence-electron chi connectivity index (χ2n) is 3.10. The molecule has 1 aliphatic heterocycles. The molecule has 1 fully saturated rings. The number of hydrogen-bond donors (Lipinski definition) is 1. The van der Waals surface area contributed by atoms with Crippen molar-refractivity contribution >= 4 is 17.7 Å². The van der Waals surface area contributed by atoms with Gasteiger partial charge in [-0.05, 0) is 25.0 Å². The molecule has 0 aliphatic carbocycles. The lowest BCUT2D eigenvalue weighted by atomic mass is 10.1. The first kappa shape index (κ1) is 9.65. The highest BCUT2D eigenvalue weighted by Gasteiger charge is 2.17. The summed E-state index contributed by atoms with van der Waals surface area (Å²) >= 11 is 1.88. The van der Waals surface area contributed by atoms with Gasteiger partial charge in [0.05, 0.1) is 0 Å². The van der Waals surface area contributed by atoms with Gasteiger partial charge in [-0.3, -0.25) is 0 Å². The molecule has 3 heteroatoms. The summed E-state index contributed by atoms with van der Waals surface area (Å²) in [6.45, 7) is 3.54. The van der Waals surface area contributed by atoms with Crippen molar-refractivity contribution < 1.29 is 9.90 Å². The molecule has 1 saturated heterocycles. The fourth-order valence-electron chi connectivity index (χ4n) is 1.33. The Morgan fingerprint density at radius 1 is 1.58 bits per heavy atom. The third-order valence-corrected chi connectivity index (χ3v) is 3.45. The fourth-order valence-corrected chi connectivity index (χ4v) is 2.69. The lowest BCUT2D eigenvalue weighted by Crippen LogP contribution is -2.13. The van der Waals surface area contributed by atoms with E-state index in [1.54, 1.807) is 0 Å². The van der Waals surface area contributed by atoms with Crippen molar-refractivity contribution in [1.82, 2.24) is 0 Å². The summed E-state index contributed by atoms with van der Waals surface area (Å²) in [5.41, 5.74) is 0.356. The van der Waals surface area contributed by atoms with Gasteiger partial charge in [0.25, 0.3) is 0 Å². The van der Waals surface area contributed by atoms with E-state index in [2.05, 4.69) is 6.58 Å². The molecule has 0 radical (unpaired) electrons. The Bertz CT molecular complexity index is 183. The van der Waals surface area contributed by atoms with Crippen molar-refractivity contribution in [3.63, 3.8) is 0 Å². The standard InChI is InChI=1S/C9H14O2S/c1-7(9(10)11)6-8-4-2-3-5-12-8/h8H,1-6H2,(H,10,11). The largest absolute Gasteiger partial charge is 0.478 e. The normalized spacial score (nSPS) is 23.5. The number of aliphatic carboxylic acids is 1. The highest BCUT2D eigenvalue weighted by atomic mass is 32.2. The van der Waals surface area contributed by atoms with Crippen LogP contribution in [0.15, 0.2) is 12.2 Å². The third-order valence-electron chi connectivity index (χ3n) is 2.05. The quantitative estimate of drug-likeness (QED) is 0.687. The van der Waals surface area contributed by atoms with Crippen LogP contribution in [0.4, 0.5) is 0 Å². The molecular formula is C9H14O2S. The molecule has 0 aromatic heterocycles. The van der Waals surface area contributed by atoms with E-state index in [9.17, 15) is 4.79 Å². The van der Waals surface area contributed by atoms with Crippen LogP contribution in [0.1, 0.15) is 25.7 Å². The van der Waals surface area contributed by atoms with Gasteiger partial charge in [-0.1, -0.05) is 13.0 Å². The van der Waals surface area contributed by atoms with Crippen molar-refractivity contribution in [1.29, 1.82) is 0 Å². The zero-order chi connectivity index (χ0) is 8.97. The Hall–Kier alpha value is -0.440. The van der Waals surface area contributed by atoms with Gasteiger partial charge in [0.15, 0.2) is 0 Å². The van der Waals surface area contributed by atoms with Crippen molar-refractivity contribution in [3.8, 4) is 0 Å². The van der Waals surface area contributed by atoms with Crippen LogP contribution in [-0.4, -0.2) is 22.1 Å². The van der Waals surface area contributed by atoms with Crippen LogP contribution in [-0.2, 0) is 4.79 Å². The molecule has 1 unspecified atom stereocenters. The van der Waals surface area contributed by atoms with Gasteiger partial charge < -0.3 is 5.11 Å². The minimum atomic E-state index is -0.846. The number of hydrogen-bond acceptors (Lipinski definition) is 2. The van der Waals surface area contributed by atoms with Crippen molar-refractivity contribution in [2.45, 2.75) is 30.9 Å². The zero-order valence-electron chi connectivity index (χ0n) is 7.08. The van der Waals surface area contributed by atoms with E-state index in [0.29, 0.717) is 17.2 Å². The maximum atomic E-state index is 10.5. The van der Waals surface area contributed by atoms with Gasteiger partial charge in [-0.15, -0.1) is 0 Å². The van der Waals surface area contributed by atoms with Crippen LogP contribution in [0.5, 0.6) is 0 Å². The number of carboxylic acids is 1. The van der Waals surface area contributed by atoms with Crippen LogP contribution in [0.3, 0.4) is 0 Å². The van der Waals surface area contributed by atoms with Gasteiger partial charge in [0.2, 0.25) is 0 Å². The van der Waals surface area contributed by atoms with E-state index in [4.69, 9.17) is 5.11 Å². The second kappa shape index (κ2) is 4.55. The van der Waals surface area contributed by atoms with Crippen LogP contribution in [0.25, 0.3) is 0 Å². The van der Waals surface area contributed by atoms with Crippen molar-refractivity contribution in [2.75, 3.05) is 5.75 Å². The Balaban J connectivity index is 2.29. The van der Waals surface area contributed by atoms with E-state index in [-0.39, 0.29) is 0 Å². The summed E-state index contributed by atoms with van der Waals surface area (Å²) < 4.78 is 0. The highest BCUT2D eigenvalue weighted by molar-refractivity contribution is 7.99. The SMILES string of the molecule is C=C(CC1CCCCS1)C(=O)O. The Morgan fingerprint density at radius 3 is 2.83 bits per heavy atom. The van der Waals surface area contributed by atoms with E-state index in [1.165, 1.54) is 18.6 Å². The minimum Gasteiger partial charge on any atom is -0.478 e. The lowest BCUT2D eigenvalue weighted by molar-refractivity contribution is -0.132. The van der Waals surface area contributed by atoms with Crippen LogP contribution < -0.4 is 0 Å². The molecule has 1 aliphatic rings. The van der Waals surface area contributed by atoms with Crippen molar-refractivity contribution in [3.05, 3.63) is 12.2 Å². The first-order valence-corrected chi connectivity index (χ1v) is 5.27. The number of rotatable bonds is 3. The van der Waals surface area contributed by atoms with Gasteiger partial charge in [-0.25, -0.2) is 4.79 Å². The van der Waals surface area contributed by atoms with Crippen molar-refractivity contribution in [2.24, 2.45) is 0 Å². The number of thioether (sulfide) groups is 1. The number of carboxylic acid groups (broad SMARTS) is 1. The molecule has 0 bridgehead atoms. The first-order chi connectivity index (χ1) is 5.70. The Kier molecular flexibility index (Phi) is 3.66. The molecule has 1 atom stereocenters. The smallest absolute Gasteiger partial charge is 0.330 e. The molecule has 0 aromatic carbocycles. The summed E-state index contributed by atoms with van der Waals surface area (Å²) in [5.74, 6) is 0.332. The Labute approximate surface area is 77.0 Å². The molecule has 0 saturated carbocycles. The van der Waals surface area contributed by atoms with Crippen LogP contribution >= 0.6 is 11.8 Å². The predicted octanol–water partition coefficient (Wildman–Crippen LogP) is 2.30. The summed E-state index contributed by atoms with van der Waals surface area (Å²) in [7, 11) is 0. The molecule has 0 aromatic rings. The molecule has 1 N–H and O–H groups in total. The maximum Gasteiger partial charge on any atom is 0.330 e. The molecule has 1 heterocycles. The third kappa shape index (κ3) is 2.89. The molecule has 1 rings (SSSR count). The van der Waals surface area contributed by atoms with E-state index >= 15 is 0 Å². The molecule has 68 valence electrons. The summed E-state index contributed by atoms with van der Waals surface area (Å²) in [4.78, 5) is 10.5.